The Hall–Kier alpha value is -1.62. The molecule has 2 rings (SSSR count). The van der Waals surface area contributed by atoms with Crippen LogP contribution in [0.2, 0.25) is 0 Å². The van der Waals surface area contributed by atoms with E-state index in [1.165, 1.54) is 12.6 Å². The fourth-order valence-electron chi connectivity index (χ4n) is 1.99. The largest absolute Gasteiger partial charge is 0.395 e. The number of aromatic nitrogens is 1. The molecule has 0 aliphatic heterocycles. The van der Waals surface area contributed by atoms with Gasteiger partial charge in [0, 0.05) is 18.8 Å². The van der Waals surface area contributed by atoms with Crippen LogP contribution in [0, 0.1) is 0 Å². The van der Waals surface area contributed by atoms with Gasteiger partial charge in [-0.2, -0.15) is 0 Å². The van der Waals surface area contributed by atoms with E-state index in [1.807, 2.05) is 0 Å². The quantitative estimate of drug-likeness (QED) is 0.780. The van der Waals surface area contributed by atoms with Crippen molar-refractivity contribution in [1.29, 1.82) is 0 Å². The summed E-state index contributed by atoms with van der Waals surface area (Å²) in [5.74, 6) is 0.329. The molecule has 0 spiro atoms. The van der Waals surface area contributed by atoms with Crippen molar-refractivity contribution >= 4 is 11.7 Å². The summed E-state index contributed by atoms with van der Waals surface area (Å²) < 4.78 is 0. The zero-order valence-corrected chi connectivity index (χ0v) is 9.67. The topological polar surface area (TPSA) is 79.5 Å². The van der Waals surface area contributed by atoms with Crippen LogP contribution in [-0.2, 0) is 0 Å². The number of pyridine rings is 1. The Labute approximate surface area is 100 Å². The smallest absolute Gasteiger partial charge is 0.250 e. The number of hydrogen-bond donors (Lipinski definition) is 2. The van der Waals surface area contributed by atoms with E-state index in [1.54, 1.807) is 12.1 Å². The molecule has 1 aromatic heterocycles. The van der Waals surface area contributed by atoms with Gasteiger partial charge in [-0.15, -0.1) is 0 Å². The summed E-state index contributed by atoms with van der Waals surface area (Å²) in [6, 6.07) is 3.93. The first-order valence-electron chi connectivity index (χ1n) is 5.85. The maximum Gasteiger partial charge on any atom is 0.250 e. The molecule has 1 fully saturated rings. The van der Waals surface area contributed by atoms with Gasteiger partial charge in [0.1, 0.15) is 5.82 Å². The number of carbonyl (C=O) groups excluding carboxylic acids is 1. The van der Waals surface area contributed by atoms with Crippen molar-refractivity contribution in [2.24, 2.45) is 5.73 Å². The van der Waals surface area contributed by atoms with E-state index in [0.717, 1.165) is 18.7 Å². The van der Waals surface area contributed by atoms with Crippen molar-refractivity contribution in [2.75, 3.05) is 18.1 Å². The molecule has 92 valence electrons. The number of aliphatic hydroxyl groups is 1. The first kappa shape index (κ1) is 11.9. The summed E-state index contributed by atoms with van der Waals surface area (Å²) in [4.78, 5) is 17.3. The highest BCUT2D eigenvalue weighted by Crippen LogP contribution is 2.28. The third-order valence-electron chi connectivity index (χ3n) is 3.18. The van der Waals surface area contributed by atoms with E-state index in [0.29, 0.717) is 18.2 Å². The Balaban J connectivity index is 2.14. The highest BCUT2D eigenvalue weighted by Gasteiger charge is 2.25. The Kier molecular flexibility index (Phi) is 3.58. The lowest BCUT2D eigenvalue weighted by Crippen LogP contribution is -2.42. The highest BCUT2D eigenvalue weighted by atomic mass is 16.3. The zero-order chi connectivity index (χ0) is 12.3. The van der Waals surface area contributed by atoms with Gasteiger partial charge >= 0.3 is 0 Å². The first-order chi connectivity index (χ1) is 8.22. The van der Waals surface area contributed by atoms with Crippen LogP contribution in [0.5, 0.6) is 0 Å². The molecule has 5 heteroatoms. The molecule has 0 atom stereocenters. The number of primary amides is 1. The molecule has 1 heterocycles. The minimum Gasteiger partial charge on any atom is -0.395 e. The molecule has 0 aromatic carbocycles. The predicted octanol–water partition coefficient (Wildman–Crippen LogP) is 0.532. The number of anilines is 1. The molecular formula is C12H17N3O2. The highest BCUT2D eigenvalue weighted by molar-refractivity contribution is 5.92. The van der Waals surface area contributed by atoms with Crippen LogP contribution in [0.25, 0.3) is 0 Å². The van der Waals surface area contributed by atoms with Crippen molar-refractivity contribution in [2.45, 2.75) is 25.3 Å². The number of amides is 1. The predicted molar refractivity (Wildman–Crippen MR) is 64.8 cm³/mol. The molecule has 0 radical (unpaired) electrons. The van der Waals surface area contributed by atoms with Crippen LogP contribution < -0.4 is 10.6 Å². The van der Waals surface area contributed by atoms with Crippen molar-refractivity contribution in [3.05, 3.63) is 23.9 Å². The van der Waals surface area contributed by atoms with Gasteiger partial charge in [0.2, 0.25) is 5.91 Å². The second-order valence-electron chi connectivity index (χ2n) is 4.27. The third kappa shape index (κ3) is 2.55. The van der Waals surface area contributed by atoms with Crippen LogP contribution in [0.1, 0.15) is 29.6 Å². The molecule has 0 bridgehead atoms. The summed E-state index contributed by atoms with van der Waals surface area (Å²) in [6.07, 6.45) is 4.99. The lowest BCUT2D eigenvalue weighted by molar-refractivity contribution is 0.1000. The SMILES string of the molecule is NC(=O)c1ccc(N(CCO)C2CCC2)nc1. The normalized spacial score (nSPS) is 15.4. The maximum absolute atomic E-state index is 10.9. The van der Waals surface area contributed by atoms with Crippen molar-refractivity contribution < 1.29 is 9.90 Å². The fraction of sp³-hybridized carbons (Fsp3) is 0.500. The van der Waals surface area contributed by atoms with Gasteiger partial charge in [0.05, 0.1) is 12.2 Å². The average Bonchev–Trinajstić information content (AvgIpc) is 2.26. The summed E-state index contributed by atoms with van der Waals surface area (Å²) >= 11 is 0. The van der Waals surface area contributed by atoms with Gasteiger partial charge in [0.25, 0.3) is 0 Å². The fourth-order valence-corrected chi connectivity index (χ4v) is 1.99. The molecule has 1 aliphatic rings. The van der Waals surface area contributed by atoms with E-state index in [9.17, 15) is 4.79 Å². The molecular weight excluding hydrogens is 218 g/mol. The Morgan fingerprint density at radius 3 is 2.71 bits per heavy atom. The number of nitrogens with two attached hydrogens (primary N) is 1. The van der Waals surface area contributed by atoms with E-state index >= 15 is 0 Å². The number of aliphatic hydroxyl groups excluding tert-OH is 1. The molecule has 5 nitrogen and oxygen atoms in total. The maximum atomic E-state index is 10.9. The molecule has 1 aromatic rings. The van der Waals surface area contributed by atoms with Crippen molar-refractivity contribution in [3.63, 3.8) is 0 Å². The van der Waals surface area contributed by atoms with E-state index in [4.69, 9.17) is 10.8 Å². The molecule has 3 N–H and O–H groups in total. The van der Waals surface area contributed by atoms with Crippen LogP contribution in [-0.4, -0.2) is 35.2 Å². The van der Waals surface area contributed by atoms with Gasteiger partial charge in [-0.25, -0.2) is 4.98 Å². The second-order valence-corrected chi connectivity index (χ2v) is 4.27. The summed E-state index contributed by atoms with van der Waals surface area (Å²) in [5, 5.41) is 9.07. The van der Waals surface area contributed by atoms with Gasteiger partial charge in [-0.1, -0.05) is 0 Å². The van der Waals surface area contributed by atoms with Gasteiger partial charge in [-0.05, 0) is 31.4 Å². The second kappa shape index (κ2) is 5.14. The van der Waals surface area contributed by atoms with Crippen LogP contribution in [0.4, 0.5) is 5.82 Å². The van der Waals surface area contributed by atoms with E-state index in [-0.39, 0.29) is 6.61 Å². The van der Waals surface area contributed by atoms with Crippen LogP contribution in [0.15, 0.2) is 18.3 Å². The Bertz CT molecular complexity index is 387. The lowest BCUT2D eigenvalue weighted by Gasteiger charge is -2.38. The Morgan fingerprint density at radius 1 is 1.53 bits per heavy atom. The number of hydrogen-bond acceptors (Lipinski definition) is 4. The van der Waals surface area contributed by atoms with E-state index in [2.05, 4.69) is 9.88 Å². The summed E-state index contributed by atoms with van der Waals surface area (Å²) in [6.45, 7) is 0.684. The monoisotopic (exact) mass is 235 g/mol. The minimum atomic E-state index is -0.471. The van der Waals surface area contributed by atoms with Gasteiger partial charge < -0.3 is 15.7 Å². The molecule has 0 unspecified atom stereocenters. The number of carbonyl (C=O) groups is 1. The van der Waals surface area contributed by atoms with Gasteiger partial charge in [-0.3, -0.25) is 4.79 Å². The zero-order valence-electron chi connectivity index (χ0n) is 9.67. The summed E-state index contributed by atoms with van der Waals surface area (Å²) in [7, 11) is 0. The first-order valence-corrected chi connectivity index (χ1v) is 5.85. The number of nitrogens with zero attached hydrogens (tertiary/aromatic N) is 2. The van der Waals surface area contributed by atoms with Gasteiger partial charge in [0.15, 0.2) is 0 Å². The van der Waals surface area contributed by atoms with Crippen LogP contribution >= 0.6 is 0 Å². The van der Waals surface area contributed by atoms with Crippen molar-refractivity contribution in [1.82, 2.24) is 4.98 Å². The Morgan fingerprint density at radius 2 is 2.29 bits per heavy atom. The van der Waals surface area contributed by atoms with Crippen LogP contribution in [0.3, 0.4) is 0 Å². The third-order valence-corrected chi connectivity index (χ3v) is 3.18. The summed E-state index contributed by atoms with van der Waals surface area (Å²) in [5.41, 5.74) is 5.57. The van der Waals surface area contributed by atoms with E-state index < -0.39 is 5.91 Å². The molecule has 1 saturated carbocycles. The molecule has 17 heavy (non-hydrogen) atoms. The molecule has 1 amide bonds. The average molecular weight is 235 g/mol. The minimum absolute atomic E-state index is 0.107. The number of rotatable bonds is 5. The molecule has 0 saturated heterocycles. The van der Waals surface area contributed by atoms with Crippen molar-refractivity contribution in [3.8, 4) is 0 Å². The molecule has 1 aliphatic carbocycles. The lowest BCUT2D eigenvalue weighted by atomic mass is 9.91. The standard InChI is InChI=1S/C12H17N3O2/c13-12(17)9-4-5-11(14-8-9)15(6-7-16)10-2-1-3-10/h4-5,8,10,16H,1-3,6-7H2,(H2,13,17).